The molecule has 1 amide bonds. The third-order valence-electron chi connectivity index (χ3n) is 3.99. The van der Waals surface area contributed by atoms with E-state index in [1.807, 2.05) is 0 Å². The second kappa shape index (κ2) is 9.71. The highest BCUT2D eigenvalue weighted by Crippen LogP contribution is 2.28. The van der Waals surface area contributed by atoms with Gasteiger partial charge in [0.1, 0.15) is 12.4 Å². The van der Waals surface area contributed by atoms with Gasteiger partial charge in [-0.1, -0.05) is 35.9 Å². The molecule has 3 aromatic carbocycles. The molecule has 0 bridgehead atoms. The number of amides is 1. The second-order valence-corrected chi connectivity index (χ2v) is 6.41. The Morgan fingerprint density at radius 1 is 1.10 bits per heavy atom. The highest BCUT2D eigenvalue weighted by atomic mass is 35.5. The van der Waals surface area contributed by atoms with E-state index in [0.29, 0.717) is 27.6 Å². The number of carbonyl (C=O) groups is 1. The van der Waals surface area contributed by atoms with Crippen LogP contribution in [0, 0.1) is 5.82 Å². The molecule has 3 aromatic rings. The first-order chi connectivity index (χ1) is 14.1. The van der Waals surface area contributed by atoms with Crippen LogP contribution in [0.25, 0.3) is 0 Å². The summed E-state index contributed by atoms with van der Waals surface area (Å²) >= 11 is 5.99. The second-order valence-electron chi connectivity index (χ2n) is 6.00. The molecule has 3 rings (SSSR count). The van der Waals surface area contributed by atoms with Crippen molar-refractivity contribution in [2.45, 2.75) is 6.61 Å². The number of hydrazone groups is 1. The SMILES string of the molecule is COc1cc(/C=N/NC(=O)c2ccccc2Cl)ccc1OCc1ccc(F)cc1. The predicted octanol–water partition coefficient (Wildman–Crippen LogP) is 4.83. The molecule has 0 unspecified atom stereocenters. The smallest absolute Gasteiger partial charge is 0.272 e. The Bertz CT molecular complexity index is 1020. The molecule has 0 radical (unpaired) electrons. The van der Waals surface area contributed by atoms with Crippen molar-refractivity contribution in [2.75, 3.05) is 7.11 Å². The van der Waals surface area contributed by atoms with E-state index >= 15 is 0 Å². The van der Waals surface area contributed by atoms with Gasteiger partial charge in [0.25, 0.3) is 5.91 Å². The number of halogens is 2. The van der Waals surface area contributed by atoms with Crippen LogP contribution in [0.5, 0.6) is 11.5 Å². The lowest BCUT2D eigenvalue weighted by Crippen LogP contribution is -2.17. The number of hydrogen-bond donors (Lipinski definition) is 1. The molecule has 7 heteroatoms. The molecule has 0 aliphatic heterocycles. The lowest BCUT2D eigenvalue weighted by Gasteiger charge is -2.11. The summed E-state index contributed by atoms with van der Waals surface area (Å²) in [7, 11) is 1.53. The number of nitrogens with zero attached hydrogens (tertiary/aromatic N) is 1. The Balaban J connectivity index is 1.63. The number of benzene rings is 3. The number of hydrogen-bond acceptors (Lipinski definition) is 4. The Kier molecular flexibility index (Phi) is 6.81. The maximum Gasteiger partial charge on any atom is 0.272 e. The van der Waals surface area contributed by atoms with Crippen LogP contribution in [0.4, 0.5) is 4.39 Å². The molecule has 5 nitrogen and oxygen atoms in total. The third kappa shape index (κ3) is 5.56. The van der Waals surface area contributed by atoms with Gasteiger partial charge in [0.15, 0.2) is 11.5 Å². The molecular weight excluding hydrogens is 395 g/mol. The van der Waals surface area contributed by atoms with Crippen LogP contribution in [-0.2, 0) is 6.61 Å². The first-order valence-corrected chi connectivity index (χ1v) is 9.08. The van der Waals surface area contributed by atoms with Crippen LogP contribution < -0.4 is 14.9 Å². The van der Waals surface area contributed by atoms with Gasteiger partial charge in [0, 0.05) is 0 Å². The number of ether oxygens (including phenoxy) is 2. The van der Waals surface area contributed by atoms with Gasteiger partial charge >= 0.3 is 0 Å². The van der Waals surface area contributed by atoms with E-state index in [1.54, 1.807) is 54.6 Å². The number of methoxy groups -OCH3 is 1. The molecule has 0 saturated heterocycles. The summed E-state index contributed by atoms with van der Waals surface area (Å²) in [5.41, 5.74) is 4.31. The van der Waals surface area contributed by atoms with Crippen LogP contribution in [0.2, 0.25) is 5.02 Å². The summed E-state index contributed by atoms with van der Waals surface area (Å²) in [5.74, 6) is 0.345. The van der Waals surface area contributed by atoms with E-state index in [0.717, 1.165) is 5.56 Å². The number of carbonyl (C=O) groups excluding carboxylic acids is 1. The Morgan fingerprint density at radius 3 is 2.59 bits per heavy atom. The van der Waals surface area contributed by atoms with Crippen molar-refractivity contribution in [1.82, 2.24) is 5.43 Å². The molecular formula is C22H18ClFN2O3. The minimum absolute atomic E-state index is 0.276. The quantitative estimate of drug-likeness (QED) is 0.446. The van der Waals surface area contributed by atoms with Crippen LogP contribution in [0.3, 0.4) is 0 Å². The van der Waals surface area contributed by atoms with E-state index in [4.69, 9.17) is 21.1 Å². The van der Waals surface area contributed by atoms with Crippen molar-refractivity contribution in [1.29, 1.82) is 0 Å². The fraction of sp³-hybridized carbons (Fsp3) is 0.0909. The average molecular weight is 413 g/mol. The van der Waals surface area contributed by atoms with Gasteiger partial charge in [-0.3, -0.25) is 4.79 Å². The van der Waals surface area contributed by atoms with Gasteiger partial charge in [-0.15, -0.1) is 0 Å². The van der Waals surface area contributed by atoms with Gasteiger partial charge in [0.2, 0.25) is 0 Å². The van der Waals surface area contributed by atoms with E-state index in [-0.39, 0.29) is 12.4 Å². The van der Waals surface area contributed by atoms with E-state index in [1.165, 1.54) is 25.5 Å². The Labute approximate surface area is 172 Å². The summed E-state index contributed by atoms with van der Waals surface area (Å²) in [6.07, 6.45) is 1.49. The standard InChI is InChI=1S/C22H18ClFN2O3/c1-28-21-12-16(13-25-26-22(27)18-4-2-3-5-19(18)23)8-11-20(21)29-14-15-6-9-17(24)10-7-15/h2-13H,14H2,1H3,(H,26,27)/b25-13+. The van der Waals surface area contributed by atoms with Crippen molar-refractivity contribution in [3.05, 3.63) is 94.3 Å². The number of nitrogens with one attached hydrogen (secondary N) is 1. The molecule has 1 N–H and O–H groups in total. The molecule has 0 atom stereocenters. The minimum atomic E-state index is -0.405. The van der Waals surface area contributed by atoms with Crippen LogP contribution in [0.1, 0.15) is 21.5 Å². The maximum atomic E-state index is 13.0. The summed E-state index contributed by atoms with van der Waals surface area (Å²) in [5, 5.41) is 4.30. The lowest BCUT2D eigenvalue weighted by molar-refractivity contribution is 0.0955. The summed E-state index contributed by atoms with van der Waals surface area (Å²) in [6, 6.07) is 18.0. The first-order valence-electron chi connectivity index (χ1n) is 8.70. The van der Waals surface area contributed by atoms with Crippen molar-refractivity contribution in [3.8, 4) is 11.5 Å². The van der Waals surface area contributed by atoms with E-state index in [2.05, 4.69) is 10.5 Å². The van der Waals surface area contributed by atoms with Gasteiger partial charge in [-0.2, -0.15) is 5.10 Å². The molecule has 0 saturated carbocycles. The molecule has 29 heavy (non-hydrogen) atoms. The summed E-state index contributed by atoms with van der Waals surface area (Å²) in [6.45, 7) is 0.276. The zero-order valence-electron chi connectivity index (χ0n) is 15.6. The summed E-state index contributed by atoms with van der Waals surface area (Å²) < 4.78 is 24.1. The van der Waals surface area contributed by atoms with Crippen LogP contribution >= 0.6 is 11.6 Å². The minimum Gasteiger partial charge on any atom is -0.493 e. The highest BCUT2D eigenvalue weighted by Gasteiger charge is 2.09. The fourth-order valence-electron chi connectivity index (χ4n) is 2.50. The van der Waals surface area contributed by atoms with Crippen LogP contribution in [-0.4, -0.2) is 19.2 Å². The Morgan fingerprint density at radius 2 is 1.86 bits per heavy atom. The molecule has 0 aliphatic rings. The van der Waals surface area contributed by atoms with Gasteiger partial charge in [0.05, 0.1) is 23.9 Å². The number of rotatable bonds is 7. The van der Waals surface area contributed by atoms with Gasteiger partial charge < -0.3 is 9.47 Å². The van der Waals surface area contributed by atoms with Crippen molar-refractivity contribution >= 4 is 23.7 Å². The zero-order valence-corrected chi connectivity index (χ0v) is 16.3. The molecule has 0 fully saturated rings. The topological polar surface area (TPSA) is 59.9 Å². The van der Waals surface area contributed by atoms with E-state index < -0.39 is 5.91 Å². The summed E-state index contributed by atoms with van der Waals surface area (Å²) in [4.78, 5) is 12.1. The highest BCUT2D eigenvalue weighted by molar-refractivity contribution is 6.33. The van der Waals surface area contributed by atoms with Crippen molar-refractivity contribution in [2.24, 2.45) is 5.10 Å². The predicted molar refractivity (Wildman–Crippen MR) is 110 cm³/mol. The normalized spacial score (nSPS) is 10.7. The molecule has 0 spiro atoms. The average Bonchev–Trinajstić information content (AvgIpc) is 2.74. The molecule has 0 aliphatic carbocycles. The van der Waals surface area contributed by atoms with E-state index in [9.17, 15) is 9.18 Å². The third-order valence-corrected chi connectivity index (χ3v) is 4.32. The molecule has 148 valence electrons. The largest absolute Gasteiger partial charge is 0.493 e. The zero-order chi connectivity index (χ0) is 20.6. The van der Waals surface area contributed by atoms with Gasteiger partial charge in [-0.25, -0.2) is 9.82 Å². The fourth-order valence-corrected chi connectivity index (χ4v) is 2.72. The maximum absolute atomic E-state index is 13.0. The lowest BCUT2D eigenvalue weighted by atomic mass is 10.2. The van der Waals surface area contributed by atoms with Crippen LogP contribution in [0.15, 0.2) is 71.8 Å². The molecule has 0 heterocycles. The monoisotopic (exact) mass is 412 g/mol. The van der Waals surface area contributed by atoms with Crippen molar-refractivity contribution in [3.63, 3.8) is 0 Å². The first kappa shape index (κ1) is 20.4. The Hall–Kier alpha value is -3.38. The molecule has 0 aromatic heterocycles. The van der Waals surface area contributed by atoms with Crippen molar-refractivity contribution < 1.29 is 18.7 Å². The van der Waals surface area contributed by atoms with Gasteiger partial charge in [-0.05, 0) is 53.6 Å².